The van der Waals surface area contributed by atoms with Gasteiger partial charge in [0.15, 0.2) is 0 Å². The van der Waals surface area contributed by atoms with Crippen molar-refractivity contribution in [3.8, 4) is 0 Å². The molecule has 0 unspecified atom stereocenters. The van der Waals surface area contributed by atoms with E-state index in [-0.39, 0.29) is 31.2 Å². The molecule has 0 bridgehead atoms. The van der Waals surface area contributed by atoms with Crippen molar-refractivity contribution in [1.82, 2.24) is 21.3 Å². The van der Waals surface area contributed by atoms with Crippen LogP contribution in [0.2, 0.25) is 0 Å². The predicted molar refractivity (Wildman–Crippen MR) is 167 cm³/mol. The number of rotatable bonds is 13. The van der Waals surface area contributed by atoms with Gasteiger partial charge in [-0.25, -0.2) is 0 Å². The van der Waals surface area contributed by atoms with Crippen LogP contribution in [0, 0.1) is 5.92 Å². The maximum Gasteiger partial charge on any atom is 0.245 e. The molecule has 1 heterocycles. The van der Waals surface area contributed by atoms with E-state index in [1.54, 1.807) is 18.2 Å². The lowest BCUT2D eigenvalue weighted by Crippen LogP contribution is -2.58. The summed E-state index contributed by atoms with van der Waals surface area (Å²) >= 11 is 0. The minimum absolute atomic E-state index is 0.0535. The number of aliphatic hydroxyl groups excluding tert-OH is 2. The van der Waals surface area contributed by atoms with Crippen molar-refractivity contribution in [2.24, 2.45) is 5.92 Å². The highest BCUT2D eigenvalue weighted by molar-refractivity contribution is 5.95. The summed E-state index contributed by atoms with van der Waals surface area (Å²) in [6, 6.07) is 7.43. The van der Waals surface area contributed by atoms with Crippen molar-refractivity contribution in [1.29, 1.82) is 0 Å². The number of carbonyl (C=O) groups is 4. The Hall–Kier alpha value is -3.76. The minimum Gasteiger partial charge on any atom is -0.393 e. The molecule has 0 saturated heterocycles. The van der Waals surface area contributed by atoms with E-state index in [4.69, 9.17) is 0 Å². The van der Waals surface area contributed by atoms with Gasteiger partial charge in [0.25, 0.3) is 0 Å². The molecule has 5 atom stereocenters. The second-order valence-electron chi connectivity index (χ2n) is 11.3. The van der Waals surface area contributed by atoms with E-state index in [0.29, 0.717) is 0 Å². The Balaban J connectivity index is 1.90. The van der Waals surface area contributed by atoms with Gasteiger partial charge in [-0.15, -0.1) is 0 Å². The van der Waals surface area contributed by atoms with Gasteiger partial charge in [-0.05, 0) is 50.5 Å². The highest BCUT2D eigenvalue weighted by atomic mass is 16.3. The van der Waals surface area contributed by atoms with Crippen LogP contribution >= 0.6 is 0 Å². The molecule has 2 rings (SSSR count). The Morgan fingerprint density at radius 3 is 2.51 bits per heavy atom. The molecule has 10 heteroatoms. The molecule has 236 valence electrons. The Kier molecular flexibility index (Phi) is 16.0. The third-order valence-electron chi connectivity index (χ3n) is 7.14. The third-order valence-corrected chi connectivity index (χ3v) is 7.14. The number of amides is 4. The largest absolute Gasteiger partial charge is 0.393 e. The first kappa shape index (κ1) is 35.4. The van der Waals surface area contributed by atoms with Gasteiger partial charge in [0.05, 0.1) is 12.2 Å². The van der Waals surface area contributed by atoms with Crippen LogP contribution in [0.1, 0.15) is 64.9 Å². The Morgan fingerprint density at radius 2 is 1.81 bits per heavy atom. The Labute approximate surface area is 255 Å². The number of carbonyl (C=O) groups excluding carboxylic acids is 4. The number of benzene rings is 1. The standard InChI is InChI=1S/C33H48N4O6/c1-23(2)27-18-19-29(40)34-21-20-26(39)22-28(32(42)35-27)36-33(43)31(24(3)38)37-30(41)17-13-8-6-4-5-7-10-14-25-15-11-9-12-16-25/h6,8-9,11-13,15-19,23-24,26-28,31,38-39H,4-5,7,10,14,20-22H2,1-3H3,(H,34,40)(H,35,42)(H,36,43)(H,37,41)/b8-6+,17-13+,19-18-/t24-,26+,27-,28+,31+/m1/s1. The molecule has 0 fully saturated rings. The normalized spacial score (nSPS) is 22.2. The van der Waals surface area contributed by atoms with E-state index in [1.165, 1.54) is 24.6 Å². The summed E-state index contributed by atoms with van der Waals surface area (Å²) in [5.74, 6) is -2.25. The topological polar surface area (TPSA) is 157 Å². The lowest BCUT2D eigenvalue weighted by Gasteiger charge is -2.28. The lowest BCUT2D eigenvalue weighted by molar-refractivity contribution is -0.134. The average molecular weight is 597 g/mol. The average Bonchev–Trinajstić information content (AvgIpc) is 2.96. The molecular weight excluding hydrogens is 548 g/mol. The number of nitrogens with one attached hydrogen (secondary N) is 4. The van der Waals surface area contributed by atoms with Crippen molar-refractivity contribution in [3.05, 3.63) is 72.4 Å². The van der Waals surface area contributed by atoms with E-state index in [2.05, 4.69) is 33.4 Å². The first-order chi connectivity index (χ1) is 20.6. The molecule has 43 heavy (non-hydrogen) atoms. The quantitative estimate of drug-likeness (QED) is 0.117. The molecule has 0 aromatic heterocycles. The van der Waals surface area contributed by atoms with E-state index >= 15 is 0 Å². The van der Waals surface area contributed by atoms with Crippen LogP contribution in [-0.4, -0.2) is 70.7 Å². The molecule has 1 aliphatic heterocycles. The maximum atomic E-state index is 13.1. The van der Waals surface area contributed by atoms with Crippen LogP contribution in [0.4, 0.5) is 0 Å². The predicted octanol–water partition coefficient (Wildman–Crippen LogP) is 2.22. The van der Waals surface area contributed by atoms with Crippen LogP contribution in [0.3, 0.4) is 0 Å². The maximum absolute atomic E-state index is 13.1. The van der Waals surface area contributed by atoms with Gasteiger partial charge < -0.3 is 31.5 Å². The highest BCUT2D eigenvalue weighted by Crippen LogP contribution is 2.10. The summed E-state index contributed by atoms with van der Waals surface area (Å²) in [6.07, 6.45) is 12.6. The molecule has 4 amide bonds. The summed E-state index contributed by atoms with van der Waals surface area (Å²) in [6.45, 7) is 5.30. The summed E-state index contributed by atoms with van der Waals surface area (Å²) in [7, 11) is 0. The Morgan fingerprint density at radius 1 is 1.07 bits per heavy atom. The van der Waals surface area contributed by atoms with Gasteiger partial charge in [-0.2, -0.15) is 0 Å². The van der Waals surface area contributed by atoms with Crippen LogP contribution in [0.15, 0.2) is 66.8 Å². The van der Waals surface area contributed by atoms with Crippen molar-refractivity contribution in [3.63, 3.8) is 0 Å². The van der Waals surface area contributed by atoms with Gasteiger partial charge in [0.2, 0.25) is 23.6 Å². The zero-order valence-corrected chi connectivity index (χ0v) is 25.5. The SMILES string of the molecule is CC(C)[C@H]1/C=C\C(=O)NCC[C@H](O)C[C@H](NC(=O)[C@@H](NC(=O)/C=C/C=C/CCCCCc2ccccc2)[C@@H](C)O)C(=O)N1. The third kappa shape index (κ3) is 14.3. The molecule has 0 radical (unpaired) electrons. The summed E-state index contributed by atoms with van der Waals surface area (Å²) < 4.78 is 0. The fraction of sp³-hybridized carbons (Fsp3) is 0.515. The number of unbranched alkanes of at least 4 members (excludes halogenated alkanes) is 3. The molecule has 0 aliphatic carbocycles. The van der Waals surface area contributed by atoms with Crippen molar-refractivity contribution in [2.75, 3.05) is 6.54 Å². The first-order valence-corrected chi connectivity index (χ1v) is 15.2. The molecular formula is C33H48N4O6. The number of aryl methyl sites for hydroxylation is 1. The summed E-state index contributed by atoms with van der Waals surface area (Å²) in [4.78, 5) is 50.7. The van der Waals surface area contributed by atoms with Gasteiger partial charge in [-0.1, -0.05) is 74.9 Å². The number of allylic oxidation sites excluding steroid dienone is 3. The van der Waals surface area contributed by atoms with Crippen LogP contribution < -0.4 is 21.3 Å². The molecule has 10 nitrogen and oxygen atoms in total. The molecule has 1 aromatic carbocycles. The van der Waals surface area contributed by atoms with Crippen LogP contribution in [-0.2, 0) is 25.6 Å². The lowest BCUT2D eigenvalue weighted by atomic mass is 10.0. The molecule has 1 aromatic rings. The van der Waals surface area contributed by atoms with E-state index < -0.39 is 48.1 Å². The minimum atomic E-state index is -1.32. The van der Waals surface area contributed by atoms with Crippen molar-refractivity contribution < 1.29 is 29.4 Å². The van der Waals surface area contributed by atoms with Crippen molar-refractivity contribution >= 4 is 23.6 Å². The van der Waals surface area contributed by atoms with E-state index in [0.717, 1.165) is 32.1 Å². The fourth-order valence-corrected chi connectivity index (χ4v) is 4.53. The zero-order valence-electron chi connectivity index (χ0n) is 25.5. The van der Waals surface area contributed by atoms with Crippen molar-refractivity contribution in [2.45, 2.75) is 96.1 Å². The monoisotopic (exact) mass is 596 g/mol. The van der Waals surface area contributed by atoms with E-state index in [1.807, 2.05) is 38.1 Å². The number of hydrogen-bond acceptors (Lipinski definition) is 6. The smallest absolute Gasteiger partial charge is 0.245 e. The van der Waals surface area contributed by atoms with E-state index in [9.17, 15) is 29.4 Å². The second-order valence-corrected chi connectivity index (χ2v) is 11.3. The molecule has 6 N–H and O–H groups in total. The van der Waals surface area contributed by atoms with Crippen LogP contribution in [0.25, 0.3) is 0 Å². The second kappa shape index (κ2) is 19.4. The highest BCUT2D eigenvalue weighted by Gasteiger charge is 2.31. The summed E-state index contributed by atoms with van der Waals surface area (Å²) in [5.41, 5.74) is 1.34. The van der Waals surface area contributed by atoms with Gasteiger partial charge >= 0.3 is 0 Å². The van der Waals surface area contributed by atoms with Crippen LogP contribution in [0.5, 0.6) is 0 Å². The molecule has 1 aliphatic rings. The summed E-state index contributed by atoms with van der Waals surface area (Å²) in [5, 5.41) is 31.3. The Bertz CT molecular complexity index is 1120. The number of hydrogen-bond donors (Lipinski definition) is 6. The molecule has 0 saturated carbocycles. The zero-order chi connectivity index (χ0) is 31.6. The van der Waals surface area contributed by atoms with Gasteiger partial charge in [0, 0.05) is 31.2 Å². The first-order valence-electron chi connectivity index (χ1n) is 15.2. The molecule has 0 spiro atoms. The fourth-order valence-electron chi connectivity index (χ4n) is 4.53. The van der Waals surface area contributed by atoms with Gasteiger partial charge in [-0.3, -0.25) is 19.2 Å². The van der Waals surface area contributed by atoms with Gasteiger partial charge in [0.1, 0.15) is 12.1 Å². The number of aliphatic hydroxyl groups is 2.